The molecule has 6 N–H and O–H groups in total. The fourth-order valence-electron chi connectivity index (χ4n) is 3.60. The number of phenols is 2. The van der Waals surface area contributed by atoms with Crippen molar-refractivity contribution in [2.45, 2.75) is 43.2 Å². The molecule has 10 heteroatoms. The summed E-state index contributed by atoms with van der Waals surface area (Å²) >= 11 is 0. The van der Waals surface area contributed by atoms with Crippen LogP contribution in [-0.4, -0.2) is 73.7 Å². The highest BCUT2D eigenvalue weighted by atomic mass is 16.7. The molecule has 2 aliphatic rings. The van der Waals surface area contributed by atoms with Crippen LogP contribution in [0.4, 0.5) is 0 Å². The van der Waals surface area contributed by atoms with Crippen LogP contribution in [0.1, 0.15) is 28.4 Å². The van der Waals surface area contributed by atoms with E-state index in [-0.39, 0.29) is 35.2 Å². The van der Waals surface area contributed by atoms with Gasteiger partial charge in [0.05, 0.1) is 18.6 Å². The van der Waals surface area contributed by atoms with Gasteiger partial charge in [0, 0.05) is 6.07 Å². The number of hydrogen-bond donors (Lipinski definition) is 6. The third kappa shape index (κ3) is 4.03. The zero-order chi connectivity index (χ0) is 22.3. The molecule has 1 fully saturated rings. The predicted octanol–water partition coefficient (Wildman–Crippen LogP) is -0.0170. The van der Waals surface area contributed by atoms with Crippen molar-refractivity contribution in [1.82, 2.24) is 0 Å². The molecular formula is C21H22O10. The maximum atomic E-state index is 12.5. The summed E-state index contributed by atoms with van der Waals surface area (Å²) in [6.07, 6.45) is -7.84. The lowest BCUT2D eigenvalue weighted by Gasteiger charge is -2.39. The normalized spacial score (nSPS) is 30.4. The number of ketones is 1. The molecule has 166 valence electrons. The third-order valence-corrected chi connectivity index (χ3v) is 5.37. The van der Waals surface area contributed by atoms with E-state index in [0.717, 1.165) is 0 Å². The summed E-state index contributed by atoms with van der Waals surface area (Å²) in [4.78, 5) is 12.5. The second-order valence-corrected chi connectivity index (χ2v) is 7.46. The average Bonchev–Trinajstić information content (AvgIpc) is 2.75. The monoisotopic (exact) mass is 434 g/mol. The van der Waals surface area contributed by atoms with E-state index in [1.165, 1.54) is 36.4 Å². The number of aromatic hydroxyl groups is 2. The Balaban J connectivity index is 1.55. The number of aliphatic hydroxyl groups excluding tert-OH is 4. The zero-order valence-corrected chi connectivity index (χ0v) is 16.2. The second-order valence-electron chi connectivity index (χ2n) is 7.46. The van der Waals surface area contributed by atoms with Gasteiger partial charge < -0.3 is 44.8 Å². The van der Waals surface area contributed by atoms with Crippen LogP contribution < -0.4 is 9.47 Å². The molecule has 2 aliphatic heterocycles. The molecule has 4 rings (SSSR count). The number of benzene rings is 2. The van der Waals surface area contributed by atoms with E-state index in [0.29, 0.717) is 11.1 Å². The number of fused-ring (bicyclic) bond motifs is 1. The van der Waals surface area contributed by atoms with E-state index >= 15 is 0 Å². The van der Waals surface area contributed by atoms with Crippen molar-refractivity contribution >= 4 is 5.78 Å². The Labute approximate surface area is 176 Å². The molecule has 2 heterocycles. The van der Waals surface area contributed by atoms with Gasteiger partial charge in [-0.15, -0.1) is 0 Å². The molecule has 0 aliphatic carbocycles. The molecule has 0 amide bonds. The molecule has 0 unspecified atom stereocenters. The Bertz CT molecular complexity index is 975. The number of carbonyl (C=O) groups excluding carboxylic acids is 1. The quantitative estimate of drug-likeness (QED) is 0.360. The van der Waals surface area contributed by atoms with Gasteiger partial charge in [-0.3, -0.25) is 4.79 Å². The van der Waals surface area contributed by atoms with Gasteiger partial charge in [-0.1, -0.05) is 6.07 Å². The summed E-state index contributed by atoms with van der Waals surface area (Å²) in [5.41, 5.74) is 0.815. The Morgan fingerprint density at radius 1 is 0.968 bits per heavy atom. The molecule has 0 saturated carbocycles. The molecule has 31 heavy (non-hydrogen) atoms. The van der Waals surface area contributed by atoms with Crippen LogP contribution in [0.15, 0.2) is 36.4 Å². The minimum atomic E-state index is -1.59. The van der Waals surface area contributed by atoms with Gasteiger partial charge in [-0.2, -0.15) is 0 Å². The molecule has 0 bridgehead atoms. The highest BCUT2D eigenvalue weighted by Crippen LogP contribution is 2.39. The fraction of sp³-hybridized carbons (Fsp3) is 0.381. The Kier molecular flexibility index (Phi) is 5.73. The first-order valence-electron chi connectivity index (χ1n) is 9.61. The predicted molar refractivity (Wildman–Crippen MR) is 103 cm³/mol. The molecule has 0 aromatic heterocycles. The smallest absolute Gasteiger partial charge is 0.229 e. The van der Waals surface area contributed by atoms with Crippen molar-refractivity contribution in [1.29, 1.82) is 0 Å². The summed E-state index contributed by atoms with van der Waals surface area (Å²) in [5, 5.41) is 58.4. The van der Waals surface area contributed by atoms with Crippen molar-refractivity contribution in [2.75, 3.05) is 6.61 Å². The maximum absolute atomic E-state index is 12.5. The molecule has 0 spiro atoms. The van der Waals surface area contributed by atoms with Crippen LogP contribution in [0.25, 0.3) is 0 Å². The zero-order valence-electron chi connectivity index (χ0n) is 16.2. The first-order valence-corrected chi connectivity index (χ1v) is 9.61. The lowest BCUT2D eigenvalue weighted by Crippen LogP contribution is -2.60. The van der Waals surface area contributed by atoms with E-state index in [4.69, 9.17) is 14.2 Å². The molecule has 2 aromatic carbocycles. The average molecular weight is 434 g/mol. The number of rotatable bonds is 4. The van der Waals surface area contributed by atoms with Crippen LogP contribution in [0.5, 0.6) is 23.0 Å². The van der Waals surface area contributed by atoms with Crippen molar-refractivity contribution in [2.24, 2.45) is 0 Å². The van der Waals surface area contributed by atoms with Crippen molar-refractivity contribution < 1.29 is 49.6 Å². The number of Topliss-reactive ketones (excluding diaryl/α,β-unsaturated/α-hetero) is 1. The van der Waals surface area contributed by atoms with Crippen LogP contribution in [0.2, 0.25) is 0 Å². The number of aliphatic hydroxyl groups is 4. The number of phenolic OH excluding ortho intramolecular Hbond substituents is 2. The molecule has 0 radical (unpaired) electrons. The van der Waals surface area contributed by atoms with Gasteiger partial charge in [0.25, 0.3) is 0 Å². The van der Waals surface area contributed by atoms with E-state index in [2.05, 4.69) is 0 Å². The maximum Gasteiger partial charge on any atom is 0.229 e. The summed E-state index contributed by atoms with van der Waals surface area (Å²) in [6.45, 7) is -0.590. The fourth-order valence-corrected chi connectivity index (χ4v) is 3.60. The van der Waals surface area contributed by atoms with Crippen molar-refractivity contribution in [3.05, 3.63) is 47.5 Å². The van der Waals surface area contributed by atoms with Crippen LogP contribution in [0, 0.1) is 0 Å². The van der Waals surface area contributed by atoms with Crippen molar-refractivity contribution in [3.63, 3.8) is 0 Å². The molecule has 6 atom stereocenters. The number of carbonyl (C=O) groups is 1. The van der Waals surface area contributed by atoms with Crippen LogP contribution >= 0.6 is 0 Å². The first-order chi connectivity index (χ1) is 14.8. The summed E-state index contributed by atoms with van der Waals surface area (Å²) in [6, 6.07) is 8.52. The number of ether oxygens (including phenoxy) is 3. The standard InChI is InChI=1S/C21H22O10/c22-8-17-18(26)19(27)20(28)21(31-17)29-10-2-3-11-13(24)7-15(30-16(11)6-10)9-1-4-12(23)14(25)5-9/h1-6,15,17-23,25-28H,7-8H2/t15-,17-,18+,19+,20+,21-/m0/s1. The Morgan fingerprint density at radius 3 is 2.45 bits per heavy atom. The van der Waals surface area contributed by atoms with E-state index in [1.54, 1.807) is 0 Å². The van der Waals surface area contributed by atoms with Crippen molar-refractivity contribution in [3.8, 4) is 23.0 Å². The highest BCUT2D eigenvalue weighted by Gasteiger charge is 2.44. The van der Waals surface area contributed by atoms with Crippen LogP contribution in [0.3, 0.4) is 0 Å². The largest absolute Gasteiger partial charge is 0.504 e. The molecular weight excluding hydrogens is 412 g/mol. The minimum absolute atomic E-state index is 0.0319. The highest BCUT2D eigenvalue weighted by molar-refractivity contribution is 6.00. The Hall–Kier alpha value is -2.89. The first kappa shape index (κ1) is 21.3. The Morgan fingerprint density at radius 2 is 1.74 bits per heavy atom. The SMILES string of the molecule is O=C1C[C@@H](c2ccc(O)c(O)c2)Oc2cc(O[C@H]3O[C@@H](CO)[C@@H](O)[C@@H](O)[C@H]3O)ccc21. The van der Waals surface area contributed by atoms with E-state index in [1.807, 2.05) is 0 Å². The van der Waals surface area contributed by atoms with E-state index in [9.17, 15) is 35.4 Å². The van der Waals surface area contributed by atoms with Gasteiger partial charge in [-0.25, -0.2) is 0 Å². The summed E-state index contributed by atoms with van der Waals surface area (Å²) < 4.78 is 16.8. The van der Waals surface area contributed by atoms with Crippen LogP contribution in [-0.2, 0) is 4.74 Å². The summed E-state index contributed by atoms with van der Waals surface area (Å²) in [7, 11) is 0. The van der Waals surface area contributed by atoms with E-state index < -0.39 is 43.4 Å². The number of hydrogen-bond acceptors (Lipinski definition) is 10. The molecule has 10 nitrogen and oxygen atoms in total. The minimum Gasteiger partial charge on any atom is -0.504 e. The summed E-state index contributed by atoms with van der Waals surface area (Å²) in [5.74, 6) is -0.459. The van der Waals surface area contributed by atoms with Gasteiger partial charge >= 0.3 is 0 Å². The van der Waals surface area contributed by atoms with Gasteiger partial charge in [0.1, 0.15) is 42.0 Å². The molecule has 1 saturated heterocycles. The lowest BCUT2D eigenvalue weighted by atomic mass is 9.96. The molecule has 2 aromatic rings. The van der Waals surface area contributed by atoms with Gasteiger partial charge in [0.2, 0.25) is 6.29 Å². The lowest BCUT2D eigenvalue weighted by molar-refractivity contribution is -0.277. The second kappa shape index (κ2) is 8.33. The van der Waals surface area contributed by atoms with Gasteiger partial charge in [0.15, 0.2) is 17.3 Å². The van der Waals surface area contributed by atoms with Gasteiger partial charge in [-0.05, 0) is 29.8 Å². The third-order valence-electron chi connectivity index (χ3n) is 5.37. The topological polar surface area (TPSA) is 166 Å².